The number of carbonyl (C=O) groups is 2. The van der Waals surface area contributed by atoms with E-state index in [1.807, 2.05) is 20.8 Å². The highest BCUT2D eigenvalue weighted by Gasteiger charge is 2.12. The Morgan fingerprint density at radius 1 is 1.25 bits per heavy atom. The van der Waals surface area contributed by atoms with Crippen molar-refractivity contribution in [2.24, 2.45) is 0 Å². The van der Waals surface area contributed by atoms with Crippen LogP contribution in [-0.4, -0.2) is 36.9 Å². The topological polar surface area (TPSA) is 83.1 Å². The van der Waals surface area contributed by atoms with Gasteiger partial charge in [0.05, 0.1) is 6.54 Å². The van der Waals surface area contributed by atoms with Gasteiger partial charge in [-0.1, -0.05) is 13.8 Å². The van der Waals surface area contributed by atoms with Crippen molar-refractivity contribution in [3.63, 3.8) is 0 Å². The average molecular weight is 278 g/mol. The fourth-order valence-corrected chi connectivity index (χ4v) is 1.63. The summed E-state index contributed by atoms with van der Waals surface area (Å²) in [6.07, 6.45) is 0. The Morgan fingerprint density at radius 2 is 1.95 bits per heavy atom. The van der Waals surface area contributed by atoms with Gasteiger partial charge in [0.1, 0.15) is 5.82 Å². The van der Waals surface area contributed by atoms with Crippen molar-refractivity contribution in [3.8, 4) is 0 Å². The van der Waals surface area contributed by atoms with Crippen LogP contribution in [0.15, 0.2) is 12.1 Å². The highest BCUT2D eigenvalue weighted by Crippen LogP contribution is 2.17. The van der Waals surface area contributed by atoms with E-state index in [-0.39, 0.29) is 24.3 Å². The van der Waals surface area contributed by atoms with E-state index in [4.69, 9.17) is 0 Å². The summed E-state index contributed by atoms with van der Waals surface area (Å²) in [7, 11) is 1.75. The summed E-state index contributed by atoms with van der Waals surface area (Å²) in [6, 6.07) is 3.41. The van der Waals surface area contributed by atoms with Crippen molar-refractivity contribution in [3.05, 3.63) is 23.4 Å². The summed E-state index contributed by atoms with van der Waals surface area (Å²) in [5, 5.41) is 8.15. The Morgan fingerprint density at radius 3 is 2.50 bits per heavy atom. The second-order valence-electron chi connectivity index (χ2n) is 4.71. The second kappa shape index (κ2) is 7.47. The molecule has 0 spiro atoms. The molecule has 3 N–H and O–H groups in total. The minimum absolute atomic E-state index is 0.0269. The number of anilines is 1. The molecule has 0 aliphatic rings. The van der Waals surface area contributed by atoms with Gasteiger partial charge in [-0.05, 0) is 25.0 Å². The third-order valence-corrected chi connectivity index (χ3v) is 2.74. The molecule has 1 rings (SSSR count). The summed E-state index contributed by atoms with van der Waals surface area (Å²) in [5.41, 5.74) is 1.33. The first-order valence-corrected chi connectivity index (χ1v) is 6.72. The van der Waals surface area contributed by atoms with Gasteiger partial charge in [-0.15, -0.1) is 0 Å². The number of hydrogen-bond donors (Lipinski definition) is 3. The summed E-state index contributed by atoms with van der Waals surface area (Å²) >= 11 is 0. The average Bonchev–Trinajstić information content (AvgIpc) is 2.44. The van der Waals surface area contributed by atoms with Crippen LogP contribution < -0.4 is 16.0 Å². The SMILES string of the molecule is CCNC(=O)CNC(=O)c1cc(NC)nc(C(C)C)c1. The van der Waals surface area contributed by atoms with E-state index < -0.39 is 0 Å². The number of rotatable bonds is 6. The zero-order chi connectivity index (χ0) is 15.1. The maximum Gasteiger partial charge on any atom is 0.251 e. The van der Waals surface area contributed by atoms with Crippen molar-refractivity contribution in [1.29, 1.82) is 0 Å². The Hall–Kier alpha value is -2.11. The lowest BCUT2D eigenvalue weighted by Crippen LogP contribution is -2.36. The molecular weight excluding hydrogens is 256 g/mol. The van der Waals surface area contributed by atoms with Gasteiger partial charge in [-0.25, -0.2) is 4.98 Å². The standard InChI is InChI=1S/C14H22N4O2/c1-5-16-13(19)8-17-14(20)10-6-11(9(2)3)18-12(7-10)15-4/h6-7,9H,5,8H2,1-4H3,(H,15,18)(H,16,19)(H,17,20). The predicted molar refractivity (Wildman–Crippen MR) is 78.9 cm³/mol. The van der Waals surface area contributed by atoms with Crippen molar-refractivity contribution in [1.82, 2.24) is 15.6 Å². The molecule has 0 aliphatic heterocycles. The molecule has 6 nitrogen and oxygen atoms in total. The molecule has 0 atom stereocenters. The molecule has 0 saturated carbocycles. The van der Waals surface area contributed by atoms with Gasteiger partial charge < -0.3 is 16.0 Å². The normalized spacial score (nSPS) is 10.2. The zero-order valence-corrected chi connectivity index (χ0v) is 12.4. The van der Waals surface area contributed by atoms with E-state index in [1.165, 1.54) is 0 Å². The molecular formula is C14H22N4O2. The molecule has 0 bridgehead atoms. The lowest BCUT2D eigenvalue weighted by molar-refractivity contribution is -0.120. The summed E-state index contributed by atoms with van der Waals surface area (Å²) in [4.78, 5) is 27.8. The Bertz CT molecular complexity index is 486. The number of pyridine rings is 1. The smallest absolute Gasteiger partial charge is 0.251 e. The largest absolute Gasteiger partial charge is 0.373 e. The summed E-state index contributed by atoms with van der Waals surface area (Å²) < 4.78 is 0. The van der Waals surface area contributed by atoms with Crippen LogP contribution in [0.3, 0.4) is 0 Å². The zero-order valence-electron chi connectivity index (χ0n) is 12.4. The van der Waals surface area contributed by atoms with Crippen LogP contribution in [0.1, 0.15) is 42.7 Å². The number of carbonyl (C=O) groups excluding carboxylic acids is 2. The van der Waals surface area contributed by atoms with Crippen molar-refractivity contribution >= 4 is 17.6 Å². The maximum atomic E-state index is 12.0. The molecule has 0 aliphatic carbocycles. The van der Waals surface area contributed by atoms with Gasteiger partial charge in [0, 0.05) is 24.8 Å². The Labute approximate surface area is 119 Å². The summed E-state index contributed by atoms with van der Waals surface area (Å²) in [6.45, 7) is 6.37. The molecule has 1 aromatic rings. The molecule has 6 heteroatoms. The first kappa shape index (κ1) is 15.9. The van der Waals surface area contributed by atoms with Gasteiger partial charge in [-0.2, -0.15) is 0 Å². The molecule has 2 amide bonds. The van der Waals surface area contributed by atoms with Crippen LogP contribution in [0.4, 0.5) is 5.82 Å². The van der Waals surface area contributed by atoms with E-state index >= 15 is 0 Å². The summed E-state index contributed by atoms with van der Waals surface area (Å²) in [5.74, 6) is 0.377. The second-order valence-corrected chi connectivity index (χ2v) is 4.71. The number of nitrogens with zero attached hydrogens (tertiary/aromatic N) is 1. The molecule has 1 aromatic heterocycles. The number of hydrogen-bond acceptors (Lipinski definition) is 4. The van der Waals surface area contributed by atoms with Gasteiger partial charge in [0.25, 0.3) is 5.91 Å². The van der Waals surface area contributed by atoms with Gasteiger partial charge in [0.2, 0.25) is 5.91 Å². The lowest BCUT2D eigenvalue weighted by Gasteiger charge is -2.11. The molecule has 0 unspecified atom stereocenters. The van der Waals surface area contributed by atoms with E-state index in [0.29, 0.717) is 17.9 Å². The number of amides is 2. The molecule has 110 valence electrons. The van der Waals surface area contributed by atoms with Crippen molar-refractivity contribution < 1.29 is 9.59 Å². The van der Waals surface area contributed by atoms with Crippen molar-refractivity contribution in [2.75, 3.05) is 25.5 Å². The van der Waals surface area contributed by atoms with E-state index in [1.54, 1.807) is 19.2 Å². The van der Waals surface area contributed by atoms with Crippen LogP contribution in [0.5, 0.6) is 0 Å². The van der Waals surface area contributed by atoms with E-state index in [9.17, 15) is 9.59 Å². The minimum atomic E-state index is -0.281. The number of aromatic nitrogens is 1. The van der Waals surface area contributed by atoms with Crippen LogP contribution >= 0.6 is 0 Å². The van der Waals surface area contributed by atoms with Gasteiger partial charge >= 0.3 is 0 Å². The lowest BCUT2D eigenvalue weighted by atomic mass is 10.1. The Balaban J connectivity index is 2.81. The van der Waals surface area contributed by atoms with Crippen LogP contribution in [0.2, 0.25) is 0 Å². The monoisotopic (exact) mass is 278 g/mol. The number of likely N-dealkylation sites (N-methyl/N-ethyl adjacent to an activating group) is 1. The fraction of sp³-hybridized carbons (Fsp3) is 0.500. The molecule has 1 heterocycles. The predicted octanol–water partition coefficient (Wildman–Crippen LogP) is 1.11. The molecule has 0 aromatic carbocycles. The highest BCUT2D eigenvalue weighted by molar-refractivity contribution is 5.97. The maximum absolute atomic E-state index is 12.0. The third kappa shape index (κ3) is 4.53. The van der Waals surface area contributed by atoms with Crippen LogP contribution in [-0.2, 0) is 4.79 Å². The Kier molecular flexibility index (Phi) is 5.96. The molecule has 0 fully saturated rings. The van der Waals surface area contributed by atoms with Crippen LogP contribution in [0.25, 0.3) is 0 Å². The number of nitrogens with one attached hydrogen (secondary N) is 3. The van der Waals surface area contributed by atoms with E-state index in [0.717, 1.165) is 5.69 Å². The first-order chi connectivity index (χ1) is 9.47. The van der Waals surface area contributed by atoms with E-state index in [2.05, 4.69) is 20.9 Å². The highest BCUT2D eigenvalue weighted by atomic mass is 16.2. The van der Waals surface area contributed by atoms with Crippen LogP contribution in [0, 0.1) is 0 Å². The molecule has 0 saturated heterocycles. The third-order valence-electron chi connectivity index (χ3n) is 2.74. The first-order valence-electron chi connectivity index (χ1n) is 6.72. The quantitative estimate of drug-likeness (QED) is 0.728. The van der Waals surface area contributed by atoms with Crippen molar-refractivity contribution in [2.45, 2.75) is 26.7 Å². The fourth-order valence-electron chi connectivity index (χ4n) is 1.63. The molecule has 20 heavy (non-hydrogen) atoms. The van der Waals surface area contributed by atoms with Gasteiger partial charge in [0.15, 0.2) is 0 Å². The minimum Gasteiger partial charge on any atom is -0.373 e. The molecule has 0 radical (unpaired) electrons. The van der Waals surface area contributed by atoms with Gasteiger partial charge in [-0.3, -0.25) is 9.59 Å².